The third-order valence-electron chi connectivity index (χ3n) is 5.39. The predicted molar refractivity (Wildman–Crippen MR) is 133 cm³/mol. The number of carbonyl (C=O) groups excluding carboxylic acids is 1. The second kappa shape index (κ2) is 9.92. The Bertz CT molecular complexity index is 1380. The van der Waals surface area contributed by atoms with E-state index in [2.05, 4.69) is 21.4 Å². The van der Waals surface area contributed by atoms with Crippen molar-refractivity contribution in [3.63, 3.8) is 0 Å². The summed E-state index contributed by atoms with van der Waals surface area (Å²) in [5, 5.41) is 12.5. The van der Waals surface area contributed by atoms with Gasteiger partial charge in [0.2, 0.25) is 0 Å². The number of para-hydroxylation sites is 1. The maximum Gasteiger partial charge on any atom is 0.262 e. The molecule has 34 heavy (non-hydrogen) atoms. The summed E-state index contributed by atoms with van der Waals surface area (Å²) in [6, 6.07) is 20.7. The molecule has 0 radical (unpaired) electrons. The number of aryl methyl sites for hydroxylation is 2. The van der Waals surface area contributed by atoms with E-state index in [0.717, 1.165) is 27.7 Å². The van der Waals surface area contributed by atoms with Gasteiger partial charge >= 0.3 is 0 Å². The number of benzene rings is 3. The van der Waals surface area contributed by atoms with Gasteiger partial charge in [-0.3, -0.25) is 4.79 Å². The summed E-state index contributed by atoms with van der Waals surface area (Å²) in [5.74, 6) is 1.10. The van der Waals surface area contributed by atoms with Crippen LogP contribution in [0.3, 0.4) is 0 Å². The van der Waals surface area contributed by atoms with Crippen LogP contribution in [0.25, 0.3) is 22.7 Å². The maximum absolute atomic E-state index is 12.2. The zero-order chi connectivity index (χ0) is 24.1. The molecule has 4 rings (SSSR count). The summed E-state index contributed by atoms with van der Waals surface area (Å²) >= 11 is 0. The summed E-state index contributed by atoms with van der Waals surface area (Å²) in [5.41, 5.74) is 5.83. The van der Waals surface area contributed by atoms with Crippen LogP contribution in [0.15, 0.2) is 60.7 Å². The van der Waals surface area contributed by atoms with Crippen molar-refractivity contribution in [3.05, 3.63) is 83.2 Å². The first kappa shape index (κ1) is 22.6. The van der Waals surface area contributed by atoms with Crippen LogP contribution in [-0.4, -0.2) is 29.6 Å². The van der Waals surface area contributed by atoms with Crippen molar-refractivity contribution in [2.24, 2.45) is 0 Å². The van der Waals surface area contributed by atoms with E-state index < -0.39 is 0 Å². The molecule has 0 fully saturated rings. The number of hydrogen-bond donors (Lipinski definition) is 2. The molecule has 1 amide bonds. The van der Waals surface area contributed by atoms with Crippen LogP contribution in [0.5, 0.6) is 11.5 Å². The number of imidazole rings is 1. The number of carbonyl (C=O) groups is 1. The molecule has 7 heteroatoms. The summed E-state index contributed by atoms with van der Waals surface area (Å²) in [7, 11) is 1.52. The number of hydrogen-bond acceptors (Lipinski definition) is 5. The largest absolute Gasteiger partial charge is 0.493 e. The number of fused-ring (bicyclic) bond motifs is 1. The molecule has 170 valence electrons. The van der Waals surface area contributed by atoms with Gasteiger partial charge in [0.15, 0.2) is 18.1 Å². The van der Waals surface area contributed by atoms with E-state index in [-0.39, 0.29) is 12.5 Å². The van der Waals surface area contributed by atoms with Crippen LogP contribution >= 0.6 is 0 Å². The van der Waals surface area contributed by atoms with Crippen molar-refractivity contribution >= 4 is 34.3 Å². The summed E-state index contributed by atoms with van der Waals surface area (Å²) in [6.45, 7) is 3.91. The molecule has 0 atom stereocenters. The minimum absolute atomic E-state index is 0.165. The number of nitrogens with zero attached hydrogens (tertiary/aromatic N) is 2. The Hall–Kier alpha value is -4.57. The molecule has 7 nitrogen and oxygen atoms in total. The van der Waals surface area contributed by atoms with Crippen LogP contribution < -0.4 is 14.8 Å². The molecule has 0 aliphatic heterocycles. The van der Waals surface area contributed by atoms with Crippen LogP contribution in [0.1, 0.15) is 22.5 Å². The summed E-state index contributed by atoms with van der Waals surface area (Å²) in [6.07, 6.45) is 1.73. The Balaban J connectivity index is 1.52. The standard InChI is InChI=1S/C27H24N4O3/c1-17-11-22-23(12-18(17)2)31-27(30-22)20(15-28)13-19-9-10-24(25(14-19)33-3)34-16-26(32)29-21-7-5-4-6-8-21/h4-14H,16H2,1-3H3,(H,29,32)(H,30,31)/b20-13-. The molecule has 3 aromatic carbocycles. The van der Waals surface area contributed by atoms with Crippen molar-refractivity contribution in [2.45, 2.75) is 13.8 Å². The minimum Gasteiger partial charge on any atom is -0.493 e. The van der Waals surface area contributed by atoms with Gasteiger partial charge in [0.05, 0.1) is 23.7 Å². The number of anilines is 1. The van der Waals surface area contributed by atoms with Gasteiger partial charge in [-0.15, -0.1) is 0 Å². The Labute approximate surface area is 197 Å². The number of ether oxygens (including phenoxy) is 2. The second-order valence-electron chi connectivity index (χ2n) is 7.82. The molecule has 1 aromatic heterocycles. The first-order valence-electron chi connectivity index (χ1n) is 10.7. The lowest BCUT2D eigenvalue weighted by Gasteiger charge is -2.11. The highest BCUT2D eigenvalue weighted by atomic mass is 16.5. The SMILES string of the molecule is COc1cc(/C=C(/C#N)c2nc3cc(C)c(C)cc3[nH]2)ccc1OCC(=O)Nc1ccccc1. The van der Waals surface area contributed by atoms with E-state index in [0.29, 0.717) is 28.6 Å². The number of H-pyrrole nitrogens is 1. The van der Waals surface area contributed by atoms with Crippen molar-refractivity contribution in [1.29, 1.82) is 5.26 Å². The summed E-state index contributed by atoms with van der Waals surface area (Å²) < 4.78 is 11.1. The lowest BCUT2D eigenvalue weighted by molar-refractivity contribution is -0.118. The lowest BCUT2D eigenvalue weighted by Crippen LogP contribution is -2.20. The molecular formula is C27H24N4O3. The Morgan fingerprint density at radius 3 is 2.59 bits per heavy atom. The zero-order valence-corrected chi connectivity index (χ0v) is 19.2. The number of rotatable bonds is 7. The fraction of sp³-hybridized carbons (Fsp3) is 0.148. The van der Waals surface area contributed by atoms with E-state index in [1.807, 2.05) is 44.2 Å². The van der Waals surface area contributed by atoms with E-state index >= 15 is 0 Å². The quantitative estimate of drug-likeness (QED) is 0.372. The molecular weight excluding hydrogens is 428 g/mol. The third-order valence-corrected chi connectivity index (χ3v) is 5.39. The van der Waals surface area contributed by atoms with Gasteiger partial charge < -0.3 is 19.8 Å². The first-order chi connectivity index (χ1) is 16.5. The van der Waals surface area contributed by atoms with Gasteiger partial charge in [0.25, 0.3) is 5.91 Å². The van der Waals surface area contributed by atoms with Crippen molar-refractivity contribution < 1.29 is 14.3 Å². The van der Waals surface area contributed by atoms with Gasteiger partial charge in [-0.2, -0.15) is 5.26 Å². The number of aromatic amines is 1. The monoisotopic (exact) mass is 452 g/mol. The number of nitriles is 1. The summed E-state index contributed by atoms with van der Waals surface area (Å²) in [4.78, 5) is 20.0. The van der Waals surface area contributed by atoms with Gasteiger partial charge in [0.1, 0.15) is 11.9 Å². The molecule has 1 heterocycles. The Morgan fingerprint density at radius 1 is 1.09 bits per heavy atom. The van der Waals surface area contributed by atoms with Crippen molar-refractivity contribution in [2.75, 3.05) is 19.0 Å². The van der Waals surface area contributed by atoms with E-state index in [4.69, 9.17) is 9.47 Å². The number of nitrogens with one attached hydrogen (secondary N) is 2. The van der Waals surface area contributed by atoms with Crippen LogP contribution in [0.4, 0.5) is 5.69 Å². The number of allylic oxidation sites excluding steroid dienone is 1. The molecule has 2 N–H and O–H groups in total. The van der Waals surface area contributed by atoms with Crippen molar-refractivity contribution in [1.82, 2.24) is 9.97 Å². The highest BCUT2D eigenvalue weighted by molar-refractivity contribution is 5.92. The fourth-order valence-electron chi connectivity index (χ4n) is 3.47. The highest BCUT2D eigenvalue weighted by Gasteiger charge is 2.12. The third kappa shape index (κ3) is 5.08. The first-order valence-corrected chi connectivity index (χ1v) is 10.7. The van der Waals surface area contributed by atoms with Gasteiger partial charge in [0, 0.05) is 5.69 Å². The minimum atomic E-state index is -0.278. The molecule has 0 spiro atoms. The topological polar surface area (TPSA) is 100 Å². The Morgan fingerprint density at radius 2 is 1.85 bits per heavy atom. The van der Waals surface area contributed by atoms with Gasteiger partial charge in [-0.1, -0.05) is 24.3 Å². The lowest BCUT2D eigenvalue weighted by atomic mass is 10.1. The average molecular weight is 453 g/mol. The van der Waals surface area contributed by atoms with Crippen LogP contribution in [0, 0.1) is 25.2 Å². The smallest absolute Gasteiger partial charge is 0.262 e. The van der Waals surface area contributed by atoms with E-state index in [1.54, 1.807) is 36.4 Å². The van der Waals surface area contributed by atoms with E-state index in [1.165, 1.54) is 7.11 Å². The van der Waals surface area contributed by atoms with E-state index in [9.17, 15) is 10.1 Å². The fourth-order valence-corrected chi connectivity index (χ4v) is 3.47. The normalized spacial score (nSPS) is 11.2. The number of amides is 1. The maximum atomic E-state index is 12.2. The molecule has 0 saturated carbocycles. The highest BCUT2D eigenvalue weighted by Crippen LogP contribution is 2.30. The molecule has 0 aliphatic carbocycles. The average Bonchev–Trinajstić information content (AvgIpc) is 3.24. The number of methoxy groups -OCH3 is 1. The van der Waals surface area contributed by atoms with Crippen molar-refractivity contribution in [3.8, 4) is 17.6 Å². The molecule has 0 saturated heterocycles. The molecule has 0 unspecified atom stereocenters. The predicted octanol–water partition coefficient (Wildman–Crippen LogP) is 5.27. The Kier molecular flexibility index (Phi) is 6.60. The molecule has 0 aliphatic rings. The molecule has 0 bridgehead atoms. The van der Waals surface area contributed by atoms with Crippen LogP contribution in [-0.2, 0) is 4.79 Å². The molecule has 4 aromatic rings. The van der Waals surface area contributed by atoms with Crippen LogP contribution in [0.2, 0.25) is 0 Å². The van der Waals surface area contributed by atoms with Gasteiger partial charge in [-0.05, 0) is 73.0 Å². The van der Waals surface area contributed by atoms with Gasteiger partial charge in [-0.25, -0.2) is 4.98 Å². The second-order valence-corrected chi connectivity index (χ2v) is 7.82. The zero-order valence-electron chi connectivity index (χ0n) is 19.2. The number of aromatic nitrogens is 2.